The van der Waals surface area contributed by atoms with Crippen molar-refractivity contribution in [1.29, 1.82) is 0 Å². The molecule has 5 heteroatoms. The molecule has 0 unspecified atom stereocenters. The molecule has 3 nitrogen and oxygen atoms in total. The number of rotatable bonds is 9. The van der Waals surface area contributed by atoms with Gasteiger partial charge in [0.25, 0.3) is 0 Å². The molecule has 0 saturated heterocycles. The van der Waals surface area contributed by atoms with E-state index in [4.69, 9.17) is 0 Å². The van der Waals surface area contributed by atoms with Crippen LogP contribution in [0.2, 0.25) is 0 Å². The first-order chi connectivity index (χ1) is 12.7. The SMILES string of the molecule is C=CCSc1ccccc1NC(=O)CN(Cc1ccccc1F)C1CC1. The fourth-order valence-corrected chi connectivity index (χ4v) is 3.56. The molecule has 2 aromatic carbocycles. The van der Waals surface area contributed by atoms with E-state index in [0.717, 1.165) is 29.2 Å². The number of benzene rings is 2. The summed E-state index contributed by atoms with van der Waals surface area (Å²) in [5.74, 6) is 0.499. The zero-order valence-electron chi connectivity index (χ0n) is 14.7. The predicted octanol–water partition coefficient (Wildman–Crippen LogP) is 4.71. The Balaban J connectivity index is 1.64. The molecular formula is C21H23FN2OS. The number of hydrogen-bond acceptors (Lipinski definition) is 3. The van der Waals surface area contributed by atoms with E-state index in [9.17, 15) is 9.18 Å². The number of carbonyl (C=O) groups excluding carboxylic acids is 1. The van der Waals surface area contributed by atoms with E-state index in [-0.39, 0.29) is 18.3 Å². The summed E-state index contributed by atoms with van der Waals surface area (Å²) >= 11 is 1.64. The van der Waals surface area contributed by atoms with Crippen molar-refractivity contribution in [3.05, 3.63) is 72.6 Å². The lowest BCUT2D eigenvalue weighted by Crippen LogP contribution is -2.34. The van der Waals surface area contributed by atoms with Crippen LogP contribution in [-0.2, 0) is 11.3 Å². The van der Waals surface area contributed by atoms with Gasteiger partial charge < -0.3 is 5.32 Å². The first-order valence-corrected chi connectivity index (χ1v) is 9.76. The Bertz CT molecular complexity index is 776. The largest absolute Gasteiger partial charge is 0.324 e. The van der Waals surface area contributed by atoms with Crippen molar-refractivity contribution in [1.82, 2.24) is 4.90 Å². The van der Waals surface area contributed by atoms with Crippen LogP contribution in [-0.4, -0.2) is 29.1 Å². The number of thioether (sulfide) groups is 1. The summed E-state index contributed by atoms with van der Waals surface area (Å²) < 4.78 is 14.0. The highest BCUT2D eigenvalue weighted by Gasteiger charge is 2.30. The molecule has 1 aliphatic rings. The minimum atomic E-state index is -0.218. The first kappa shape index (κ1) is 18.7. The van der Waals surface area contributed by atoms with Gasteiger partial charge in [-0.25, -0.2) is 4.39 Å². The molecule has 1 saturated carbocycles. The van der Waals surface area contributed by atoms with Crippen LogP contribution in [0, 0.1) is 5.82 Å². The summed E-state index contributed by atoms with van der Waals surface area (Å²) in [6.45, 7) is 4.45. The number of amides is 1. The lowest BCUT2D eigenvalue weighted by Gasteiger charge is -2.22. The molecule has 0 heterocycles. The summed E-state index contributed by atoms with van der Waals surface area (Å²) in [7, 11) is 0. The van der Waals surface area contributed by atoms with Crippen LogP contribution < -0.4 is 5.32 Å². The standard InChI is InChI=1S/C21H23FN2OS/c1-2-13-26-20-10-6-5-9-19(20)23-21(25)15-24(17-11-12-17)14-16-7-3-4-8-18(16)22/h2-10,17H,1,11-15H2,(H,23,25). The summed E-state index contributed by atoms with van der Waals surface area (Å²) in [5, 5.41) is 3.00. The van der Waals surface area contributed by atoms with Gasteiger partial charge in [0.1, 0.15) is 5.82 Å². The molecule has 1 amide bonds. The number of nitrogens with zero attached hydrogens (tertiary/aromatic N) is 1. The molecule has 0 aliphatic heterocycles. The Labute approximate surface area is 158 Å². The Hall–Kier alpha value is -2.11. The molecule has 0 spiro atoms. The number of nitrogens with one attached hydrogen (secondary N) is 1. The van der Waals surface area contributed by atoms with Crippen LogP contribution in [0.4, 0.5) is 10.1 Å². The smallest absolute Gasteiger partial charge is 0.238 e. The lowest BCUT2D eigenvalue weighted by atomic mass is 10.2. The zero-order valence-corrected chi connectivity index (χ0v) is 15.5. The molecule has 0 atom stereocenters. The maximum Gasteiger partial charge on any atom is 0.238 e. The summed E-state index contributed by atoms with van der Waals surface area (Å²) in [6.07, 6.45) is 3.97. The van der Waals surface area contributed by atoms with E-state index < -0.39 is 0 Å². The Morgan fingerprint density at radius 2 is 1.96 bits per heavy atom. The Morgan fingerprint density at radius 1 is 1.23 bits per heavy atom. The average Bonchev–Trinajstić information content (AvgIpc) is 3.47. The van der Waals surface area contributed by atoms with Crippen LogP contribution in [0.3, 0.4) is 0 Å². The van der Waals surface area contributed by atoms with Crippen LogP contribution >= 0.6 is 11.8 Å². The van der Waals surface area contributed by atoms with E-state index in [1.807, 2.05) is 36.4 Å². The molecule has 1 aliphatic carbocycles. The third kappa shape index (κ3) is 5.19. The van der Waals surface area contributed by atoms with E-state index in [1.54, 1.807) is 23.9 Å². The van der Waals surface area contributed by atoms with Gasteiger partial charge in [-0.3, -0.25) is 9.69 Å². The molecule has 2 aromatic rings. The molecule has 1 fully saturated rings. The second-order valence-corrected chi connectivity index (χ2v) is 7.43. The van der Waals surface area contributed by atoms with Crippen LogP contribution in [0.1, 0.15) is 18.4 Å². The van der Waals surface area contributed by atoms with E-state index in [1.165, 1.54) is 6.07 Å². The fourth-order valence-electron chi connectivity index (χ4n) is 2.82. The van der Waals surface area contributed by atoms with Gasteiger partial charge in [0.15, 0.2) is 0 Å². The van der Waals surface area contributed by atoms with Crippen molar-refractivity contribution < 1.29 is 9.18 Å². The van der Waals surface area contributed by atoms with Gasteiger partial charge in [0, 0.05) is 28.8 Å². The van der Waals surface area contributed by atoms with Gasteiger partial charge in [0.05, 0.1) is 12.2 Å². The average molecular weight is 370 g/mol. The first-order valence-electron chi connectivity index (χ1n) is 8.77. The quantitative estimate of drug-likeness (QED) is 0.513. The number of carbonyl (C=O) groups is 1. The van der Waals surface area contributed by atoms with Crippen molar-refractivity contribution in [3.8, 4) is 0 Å². The van der Waals surface area contributed by atoms with E-state index in [0.29, 0.717) is 18.2 Å². The number of halogens is 1. The molecular weight excluding hydrogens is 347 g/mol. The van der Waals surface area contributed by atoms with Gasteiger partial charge in [-0.05, 0) is 31.0 Å². The Morgan fingerprint density at radius 3 is 2.69 bits per heavy atom. The zero-order chi connectivity index (χ0) is 18.4. The molecule has 26 heavy (non-hydrogen) atoms. The summed E-state index contributed by atoms with van der Waals surface area (Å²) in [6, 6.07) is 14.9. The van der Waals surface area contributed by atoms with Crippen molar-refractivity contribution >= 4 is 23.4 Å². The van der Waals surface area contributed by atoms with Gasteiger partial charge >= 0.3 is 0 Å². The van der Waals surface area contributed by atoms with Crippen LogP contribution in [0.15, 0.2) is 66.1 Å². The molecule has 1 N–H and O–H groups in total. The Kier molecular flexibility index (Phi) is 6.47. The van der Waals surface area contributed by atoms with Crippen molar-refractivity contribution in [3.63, 3.8) is 0 Å². The fraction of sp³-hybridized carbons (Fsp3) is 0.286. The van der Waals surface area contributed by atoms with E-state index in [2.05, 4.69) is 16.8 Å². The normalized spacial score (nSPS) is 13.6. The van der Waals surface area contributed by atoms with Gasteiger partial charge in [-0.15, -0.1) is 18.3 Å². The molecule has 0 bridgehead atoms. The molecule has 3 rings (SSSR count). The van der Waals surface area contributed by atoms with Crippen molar-refractivity contribution in [2.45, 2.75) is 30.3 Å². The third-order valence-electron chi connectivity index (χ3n) is 4.26. The second-order valence-electron chi connectivity index (χ2n) is 6.37. The van der Waals surface area contributed by atoms with Crippen LogP contribution in [0.25, 0.3) is 0 Å². The van der Waals surface area contributed by atoms with Crippen molar-refractivity contribution in [2.24, 2.45) is 0 Å². The highest BCUT2D eigenvalue weighted by Crippen LogP contribution is 2.30. The lowest BCUT2D eigenvalue weighted by molar-refractivity contribution is -0.117. The second kappa shape index (κ2) is 9.01. The number of para-hydroxylation sites is 1. The molecule has 136 valence electrons. The summed E-state index contributed by atoms with van der Waals surface area (Å²) in [4.78, 5) is 15.7. The van der Waals surface area contributed by atoms with Gasteiger partial charge in [-0.1, -0.05) is 36.4 Å². The highest BCUT2D eigenvalue weighted by atomic mass is 32.2. The maximum atomic E-state index is 14.0. The van der Waals surface area contributed by atoms with E-state index >= 15 is 0 Å². The van der Waals surface area contributed by atoms with Gasteiger partial charge in [-0.2, -0.15) is 0 Å². The molecule has 0 aromatic heterocycles. The summed E-state index contributed by atoms with van der Waals surface area (Å²) in [5.41, 5.74) is 1.44. The van der Waals surface area contributed by atoms with Crippen molar-refractivity contribution in [2.75, 3.05) is 17.6 Å². The van der Waals surface area contributed by atoms with Crippen LogP contribution in [0.5, 0.6) is 0 Å². The maximum absolute atomic E-state index is 14.0. The monoisotopic (exact) mass is 370 g/mol. The predicted molar refractivity (Wildman–Crippen MR) is 106 cm³/mol. The number of anilines is 1. The number of hydrogen-bond donors (Lipinski definition) is 1. The molecule has 0 radical (unpaired) electrons. The minimum Gasteiger partial charge on any atom is -0.324 e. The topological polar surface area (TPSA) is 32.3 Å². The minimum absolute atomic E-state index is 0.0695. The van der Waals surface area contributed by atoms with Gasteiger partial charge in [0.2, 0.25) is 5.91 Å². The highest BCUT2D eigenvalue weighted by molar-refractivity contribution is 7.99. The third-order valence-corrected chi connectivity index (χ3v) is 5.33.